The first kappa shape index (κ1) is 44.8. The van der Waals surface area contributed by atoms with Gasteiger partial charge in [-0.15, -0.1) is 0 Å². The van der Waals surface area contributed by atoms with Gasteiger partial charge in [0, 0.05) is 54.8 Å². The number of hydrogen-bond acceptors (Lipinski definition) is 12. The summed E-state index contributed by atoms with van der Waals surface area (Å²) < 4.78 is 0. The molecule has 14 N–H and O–H groups in total. The lowest BCUT2D eigenvalue weighted by Crippen LogP contribution is -2.58. The second-order valence-electron chi connectivity index (χ2n) is 13.6. The zero-order valence-electron chi connectivity index (χ0n) is 31.8. The van der Waals surface area contributed by atoms with Crippen LogP contribution >= 0.6 is 0 Å². The summed E-state index contributed by atoms with van der Waals surface area (Å²) in [5.74, 6) is -7.75. The van der Waals surface area contributed by atoms with Crippen molar-refractivity contribution in [1.82, 2.24) is 51.8 Å². The zero-order valence-corrected chi connectivity index (χ0v) is 31.8. The van der Waals surface area contributed by atoms with Crippen molar-refractivity contribution in [3.63, 3.8) is 0 Å². The monoisotopic (exact) mass is 824 g/mol. The normalized spacial score (nSPS) is 15.6. The summed E-state index contributed by atoms with van der Waals surface area (Å²) >= 11 is 0. The molecule has 0 unspecified atom stereocenters. The molecule has 1 aliphatic heterocycles. The number of nitrogens with two attached hydrogens (primary N) is 2. The fourth-order valence-corrected chi connectivity index (χ4v) is 6.36. The van der Waals surface area contributed by atoms with Gasteiger partial charge in [0.1, 0.15) is 30.2 Å². The molecule has 0 bridgehead atoms. The van der Waals surface area contributed by atoms with Crippen LogP contribution in [0.3, 0.4) is 0 Å². The van der Waals surface area contributed by atoms with E-state index < -0.39 is 103 Å². The van der Waals surface area contributed by atoms with E-state index in [1.165, 1.54) is 17.4 Å². The van der Waals surface area contributed by atoms with Gasteiger partial charge in [-0.1, -0.05) is 18.2 Å². The summed E-state index contributed by atoms with van der Waals surface area (Å²) in [6.07, 6.45) is 4.13. The Morgan fingerprint density at radius 3 is 2.22 bits per heavy atom. The van der Waals surface area contributed by atoms with Crippen molar-refractivity contribution in [2.75, 3.05) is 32.8 Å². The number of H-pyrrole nitrogens is 2. The number of benzene rings is 1. The lowest BCUT2D eigenvalue weighted by molar-refractivity contribution is -0.145. The number of amides is 8. The van der Waals surface area contributed by atoms with Crippen LogP contribution in [0.2, 0.25) is 0 Å². The van der Waals surface area contributed by atoms with Crippen LogP contribution < -0.4 is 43.4 Å². The standard InChI is InChI=1S/C36H48N12O11/c37-12-29(51)41-15-30(52)45-26(17-49)33(55)46-24(10-19-13-40-22-5-2-1-4-21(19)22)32(54)42-16-31(53)44-23(7-8-28(38)50)35(57)48-9-3-6-27(48)34(56)47-25(36(58)59)11-20-14-39-18-43-20/h1-2,4-5,13-14,18,23-27,40,49H,3,6-12,15-17,37H2,(H2,38,50)(H,39,43)(H,41,51)(H,42,54)(H,44,53)(H,45,52)(H,46,55)(H,47,56)(H,58,59)/t23-,24-,25-,26-,27-/m0/s1. The van der Waals surface area contributed by atoms with E-state index in [9.17, 15) is 53.4 Å². The van der Waals surface area contributed by atoms with E-state index in [4.69, 9.17) is 11.5 Å². The van der Waals surface area contributed by atoms with Gasteiger partial charge in [-0.2, -0.15) is 0 Å². The van der Waals surface area contributed by atoms with E-state index in [0.29, 0.717) is 17.7 Å². The first-order valence-corrected chi connectivity index (χ1v) is 18.6. The number of aliphatic carboxylic acids is 1. The molecule has 318 valence electrons. The molecule has 5 atom stereocenters. The van der Waals surface area contributed by atoms with E-state index in [-0.39, 0.29) is 45.2 Å². The molecule has 2 aromatic heterocycles. The fourth-order valence-electron chi connectivity index (χ4n) is 6.36. The zero-order chi connectivity index (χ0) is 43.1. The number of nitrogens with one attached hydrogen (secondary N) is 8. The van der Waals surface area contributed by atoms with Crippen LogP contribution in [-0.4, -0.2) is 146 Å². The van der Waals surface area contributed by atoms with Crippen molar-refractivity contribution >= 4 is 64.1 Å². The second kappa shape index (κ2) is 21.6. The number of hydrogen-bond donors (Lipinski definition) is 12. The van der Waals surface area contributed by atoms with Gasteiger partial charge in [-0.25, -0.2) is 9.78 Å². The topological polar surface area (TPSA) is 366 Å². The van der Waals surface area contributed by atoms with Crippen molar-refractivity contribution in [2.45, 2.75) is 68.7 Å². The molecule has 4 rings (SSSR count). The van der Waals surface area contributed by atoms with Crippen molar-refractivity contribution < 1.29 is 53.4 Å². The first-order chi connectivity index (χ1) is 28.2. The molecule has 23 heteroatoms. The Morgan fingerprint density at radius 2 is 1.56 bits per heavy atom. The van der Waals surface area contributed by atoms with Crippen LogP contribution in [0.4, 0.5) is 0 Å². The molecule has 1 aliphatic rings. The van der Waals surface area contributed by atoms with Crippen LogP contribution in [0.15, 0.2) is 43.0 Å². The van der Waals surface area contributed by atoms with Crippen LogP contribution in [0.25, 0.3) is 10.9 Å². The number of aliphatic hydroxyl groups excluding tert-OH is 1. The maximum absolute atomic E-state index is 13.8. The van der Waals surface area contributed by atoms with Crippen LogP contribution in [0, 0.1) is 0 Å². The predicted molar refractivity (Wildman–Crippen MR) is 205 cm³/mol. The Bertz CT molecular complexity index is 2000. The third kappa shape index (κ3) is 13.1. The molecule has 1 saturated heterocycles. The van der Waals surface area contributed by atoms with Gasteiger partial charge in [0.15, 0.2) is 0 Å². The van der Waals surface area contributed by atoms with Gasteiger partial charge >= 0.3 is 5.97 Å². The number of nitrogens with zero attached hydrogens (tertiary/aromatic N) is 2. The Kier molecular flexibility index (Phi) is 16.4. The highest BCUT2D eigenvalue weighted by atomic mass is 16.4. The molecular weight excluding hydrogens is 776 g/mol. The molecule has 1 fully saturated rings. The largest absolute Gasteiger partial charge is 0.480 e. The number of aromatic nitrogens is 3. The van der Waals surface area contributed by atoms with E-state index in [1.54, 1.807) is 30.5 Å². The van der Waals surface area contributed by atoms with Gasteiger partial charge in [-0.05, 0) is 30.9 Å². The molecule has 23 nitrogen and oxygen atoms in total. The van der Waals surface area contributed by atoms with Crippen molar-refractivity contribution in [3.8, 4) is 0 Å². The summed E-state index contributed by atoms with van der Waals surface area (Å²) in [6, 6.07) is 0.382. The highest BCUT2D eigenvalue weighted by Gasteiger charge is 2.39. The quantitative estimate of drug-likeness (QED) is 0.0453. The van der Waals surface area contributed by atoms with E-state index >= 15 is 0 Å². The molecule has 0 saturated carbocycles. The Balaban J connectivity index is 1.44. The van der Waals surface area contributed by atoms with E-state index in [2.05, 4.69) is 46.9 Å². The van der Waals surface area contributed by atoms with Gasteiger partial charge in [0.05, 0.1) is 32.6 Å². The molecule has 1 aromatic carbocycles. The molecular formula is C36H48N12O11. The number of imidazole rings is 1. The average Bonchev–Trinajstić information content (AvgIpc) is 4.01. The average molecular weight is 825 g/mol. The van der Waals surface area contributed by atoms with E-state index in [1.807, 2.05) is 0 Å². The van der Waals surface area contributed by atoms with Crippen molar-refractivity contribution in [2.24, 2.45) is 11.5 Å². The number of aliphatic hydroxyl groups is 1. The number of aromatic amines is 2. The number of carbonyl (C=O) groups excluding carboxylic acids is 8. The van der Waals surface area contributed by atoms with Crippen LogP contribution in [-0.2, 0) is 56.0 Å². The van der Waals surface area contributed by atoms with Crippen LogP contribution in [0.5, 0.6) is 0 Å². The third-order valence-electron chi connectivity index (χ3n) is 9.37. The summed E-state index contributed by atoms with van der Waals surface area (Å²) in [5, 5.41) is 34.6. The van der Waals surface area contributed by atoms with Crippen molar-refractivity contribution in [3.05, 3.63) is 54.2 Å². The molecule has 3 aromatic rings. The minimum Gasteiger partial charge on any atom is -0.480 e. The van der Waals surface area contributed by atoms with Gasteiger partial charge in [0.25, 0.3) is 0 Å². The molecule has 0 radical (unpaired) electrons. The summed E-state index contributed by atoms with van der Waals surface area (Å²) in [6.45, 7) is -2.44. The van der Waals surface area contributed by atoms with E-state index in [0.717, 1.165) is 10.9 Å². The van der Waals surface area contributed by atoms with Gasteiger partial charge in [0.2, 0.25) is 47.3 Å². The highest BCUT2D eigenvalue weighted by Crippen LogP contribution is 2.21. The van der Waals surface area contributed by atoms with Crippen LogP contribution in [0.1, 0.15) is 36.9 Å². The number of fused-ring (bicyclic) bond motifs is 1. The smallest absolute Gasteiger partial charge is 0.326 e. The fraction of sp³-hybridized carbons (Fsp3) is 0.444. The maximum atomic E-state index is 13.8. The third-order valence-corrected chi connectivity index (χ3v) is 9.37. The molecule has 0 aliphatic carbocycles. The minimum atomic E-state index is -1.54. The Morgan fingerprint density at radius 1 is 0.847 bits per heavy atom. The summed E-state index contributed by atoms with van der Waals surface area (Å²) in [5.41, 5.74) is 12.3. The highest BCUT2D eigenvalue weighted by molar-refractivity contribution is 5.97. The first-order valence-electron chi connectivity index (χ1n) is 18.6. The second-order valence-corrected chi connectivity index (χ2v) is 13.6. The van der Waals surface area contributed by atoms with Gasteiger partial charge in [-0.3, -0.25) is 38.4 Å². The number of para-hydroxylation sites is 1. The number of carbonyl (C=O) groups is 9. The maximum Gasteiger partial charge on any atom is 0.326 e. The number of primary amides is 1. The minimum absolute atomic E-state index is 0.0850. The molecule has 0 spiro atoms. The Hall–Kier alpha value is -6.88. The van der Waals surface area contributed by atoms with Crippen molar-refractivity contribution in [1.29, 1.82) is 0 Å². The SMILES string of the molecule is NCC(=O)NCC(=O)N[C@@H](CO)C(=O)N[C@@H](Cc1c[nH]c2ccccc12)C(=O)NCC(=O)N[C@@H](CCC(N)=O)C(=O)N1CCC[C@H]1C(=O)N[C@@H](Cc1cnc[nH]1)C(=O)O. The Labute approximate surface area is 336 Å². The number of carboxylic acid groups (broad SMARTS) is 1. The molecule has 59 heavy (non-hydrogen) atoms. The number of rotatable bonds is 22. The van der Waals surface area contributed by atoms with Gasteiger partial charge < -0.3 is 68.4 Å². The lowest BCUT2D eigenvalue weighted by atomic mass is 10.0. The summed E-state index contributed by atoms with van der Waals surface area (Å²) in [4.78, 5) is 126. The predicted octanol–water partition coefficient (Wildman–Crippen LogP) is -4.86. The lowest BCUT2D eigenvalue weighted by Gasteiger charge is -2.29. The number of carboxylic acids is 1. The summed E-state index contributed by atoms with van der Waals surface area (Å²) in [7, 11) is 0. The molecule has 3 heterocycles. The number of likely N-dealkylation sites (tertiary alicyclic amines) is 1. The molecule has 8 amide bonds.